The van der Waals surface area contributed by atoms with Crippen LogP contribution < -0.4 is 9.47 Å². The van der Waals surface area contributed by atoms with E-state index in [9.17, 15) is 4.79 Å². The number of piperidine rings is 1. The number of carbonyl (C=O) groups is 1. The van der Waals surface area contributed by atoms with Gasteiger partial charge in [0.05, 0.1) is 20.3 Å². The van der Waals surface area contributed by atoms with E-state index in [4.69, 9.17) is 14.2 Å². The van der Waals surface area contributed by atoms with Gasteiger partial charge in [-0.05, 0) is 43.0 Å². The Labute approximate surface area is 154 Å². The van der Waals surface area contributed by atoms with Crippen LogP contribution in [0.1, 0.15) is 36.4 Å². The van der Waals surface area contributed by atoms with E-state index in [1.54, 1.807) is 14.2 Å². The molecule has 2 aromatic rings. The average Bonchev–Trinajstić information content (AvgIpc) is 2.72. The molecule has 0 N–H and O–H groups in total. The van der Waals surface area contributed by atoms with Gasteiger partial charge in [-0.15, -0.1) is 0 Å². The van der Waals surface area contributed by atoms with Gasteiger partial charge >= 0.3 is 6.09 Å². The van der Waals surface area contributed by atoms with Crippen LogP contribution in [0.3, 0.4) is 0 Å². The summed E-state index contributed by atoms with van der Waals surface area (Å²) in [4.78, 5) is 14.6. The van der Waals surface area contributed by atoms with E-state index in [0.29, 0.717) is 6.54 Å². The molecule has 3 rings (SSSR count). The zero-order valence-electron chi connectivity index (χ0n) is 15.3. The first-order valence-electron chi connectivity index (χ1n) is 8.92. The second-order valence-corrected chi connectivity index (χ2v) is 6.35. The van der Waals surface area contributed by atoms with Crippen molar-refractivity contribution >= 4 is 6.09 Å². The fraction of sp³-hybridized carbons (Fsp3) is 0.381. The van der Waals surface area contributed by atoms with Gasteiger partial charge in [0, 0.05) is 12.1 Å². The number of amides is 1. The molecule has 0 aliphatic carbocycles. The van der Waals surface area contributed by atoms with Crippen molar-refractivity contribution in [3.63, 3.8) is 0 Å². The highest BCUT2D eigenvalue weighted by atomic mass is 16.6. The lowest BCUT2D eigenvalue weighted by Crippen LogP contribution is -2.39. The predicted molar refractivity (Wildman–Crippen MR) is 99.5 cm³/mol. The summed E-state index contributed by atoms with van der Waals surface area (Å²) in [6, 6.07) is 15.4. The van der Waals surface area contributed by atoms with Crippen molar-refractivity contribution in [3.8, 4) is 11.5 Å². The third kappa shape index (κ3) is 4.10. The third-order valence-electron chi connectivity index (χ3n) is 4.74. The summed E-state index contributed by atoms with van der Waals surface area (Å²) in [5.74, 6) is 1.52. The molecule has 0 unspecified atom stereocenters. The fourth-order valence-corrected chi connectivity index (χ4v) is 3.38. The van der Waals surface area contributed by atoms with E-state index >= 15 is 0 Å². The third-order valence-corrected chi connectivity index (χ3v) is 4.74. The highest BCUT2D eigenvalue weighted by molar-refractivity contribution is 5.69. The maximum Gasteiger partial charge on any atom is 0.410 e. The minimum Gasteiger partial charge on any atom is -0.497 e. The van der Waals surface area contributed by atoms with Gasteiger partial charge in [0.2, 0.25) is 0 Å². The molecule has 5 heteroatoms. The molecule has 1 amide bonds. The van der Waals surface area contributed by atoms with Crippen molar-refractivity contribution in [2.24, 2.45) is 0 Å². The Morgan fingerprint density at radius 1 is 1.08 bits per heavy atom. The molecule has 1 atom stereocenters. The zero-order chi connectivity index (χ0) is 18.4. The number of likely N-dealkylation sites (tertiary alicyclic amines) is 1. The van der Waals surface area contributed by atoms with Crippen molar-refractivity contribution in [1.82, 2.24) is 4.90 Å². The molecule has 1 aliphatic rings. The standard InChI is InChI=1S/C21H25NO4/c1-24-17-11-12-20(25-2)18(14-17)19-10-6-7-13-22(19)21(23)26-15-16-8-4-3-5-9-16/h3-5,8-9,11-12,14,19H,6-7,10,13,15H2,1-2H3/t19-/m0/s1. The number of benzene rings is 2. The van der Waals surface area contributed by atoms with Crippen molar-refractivity contribution in [2.45, 2.75) is 31.9 Å². The Morgan fingerprint density at radius 3 is 2.62 bits per heavy atom. The maximum atomic E-state index is 12.7. The molecular formula is C21H25NO4. The number of nitrogens with zero attached hydrogens (tertiary/aromatic N) is 1. The molecule has 1 fully saturated rings. The van der Waals surface area contributed by atoms with Crippen LogP contribution in [-0.4, -0.2) is 31.8 Å². The average molecular weight is 355 g/mol. The minimum atomic E-state index is -0.288. The Morgan fingerprint density at radius 2 is 1.88 bits per heavy atom. The van der Waals surface area contributed by atoms with Crippen molar-refractivity contribution in [2.75, 3.05) is 20.8 Å². The van der Waals surface area contributed by atoms with E-state index in [0.717, 1.165) is 41.9 Å². The van der Waals surface area contributed by atoms with Crippen LogP contribution in [0, 0.1) is 0 Å². The van der Waals surface area contributed by atoms with Crippen LogP contribution in [0.4, 0.5) is 4.79 Å². The van der Waals surface area contributed by atoms with E-state index < -0.39 is 0 Å². The number of rotatable bonds is 5. The number of hydrogen-bond acceptors (Lipinski definition) is 4. The molecule has 26 heavy (non-hydrogen) atoms. The van der Waals surface area contributed by atoms with Gasteiger partial charge in [0.1, 0.15) is 18.1 Å². The van der Waals surface area contributed by atoms with Crippen LogP contribution in [-0.2, 0) is 11.3 Å². The van der Waals surface area contributed by atoms with E-state index in [1.165, 1.54) is 0 Å². The molecule has 5 nitrogen and oxygen atoms in total. The largest absolute Gasteiger partial charge is 0.497 e. The van der Waals surface area contributed by atoms with Crippen molar-refractivity contribution < 1.29 is 19.0 Å². The van der Waals surface area contributed by atoms with Crippen LogP contribution in [0.2, 0.25) is 0 Å². The highest BCUT2D eigenvalue weighted by Gasteiger charge is 2.31. The van der Waals surface area contributed by atoms with Crippen molar-refractivity contribution in [3.05, 3.63) is 59.7 Å². The molecule has 0 aromatic heterocycles. The van der Waals surface area contributed by atoms with E-state index in [2.05, 4.69) is 0 Å². The van der Waals surface area contributed by atoms with Crippen LogP contribution in [0.5, 0.6) is 11.5 Å². The molecule has 0 radical (unpaired) electrons. The number of ether oxygens (including phenoxy) is 3. The SMILES string of the molecule is COc1ccc(OC)c([C@@H]2CCCCN2C(=O)OCc2ccccc2)c1. The minimum absolute atomic E-state index is 0.0722. The van der Waals surface area contributed by atoms with E-state index in [-0.39, 0.29) is 18.7 Å². The van der Waals surface area contributed by atoms with E-state index in [1.807, 2.05) is 53.4 Å². The fourth-order valence-electron chi connectivity index (χ4n) is 3.38. The summed E-state index contributed by atoms with van der Waals surface area (Å²) in [6.45, 7) is 0.955. The first-order chi connectivity index (χ1) is 12.7. The zero-order valence-corrected chi connectivity index (χ0v) is 15.3. The Bertz CT molecular complexity index is 732. The summed E-state index contributed by atoms with van der Waals surface area (Å²) in [6.07, 6.45) is 2.63. The van der Waals surface area contributed by atoms with Crippen LogP contribution >= 0.6 is 0 Å². The first kappa shape index (κ1) is 18.1. The maximum absolute atomic E-state index is 12.7. The molecule has 0 bridgehead atoms. The number of methoxy groups -OCH3 is 2. The number of carbonyl (C=O) groups excluding carboxylic acids is 1. The Hall–Kier alpha value is -2.69. The summed E-state index contributed by atoms with van der Waals surface area (Å²) in [7, 11) is 3.28. The van der Waals surface area contributed by atoms with Gasteiger partial charge in [-0.3, -0.25) is 0 Å². The smallest absolute Gasteiger partial charge is 0.410 e. The molecule has 1 heterocycles. The molecule has 2 aromatic carbocycles. The second-order valence-electron chi connectivity index (χ2n) is 6.35. The lowest BCUT2D eigenvalue weighted by atomic mass is 9.94. The van der Waals surface area contributed by atoms with Gasteiger partial charge < -0.3 is 19.1 Å². The first-order valence-corrected chi connectivity index (χ1v) is 8.92. The molecule has 0 spiro atoms. The molecule has 1 aliphatic heterocycles. The van der Waals surface area contributed by atoms with Crippen LogP contribution in [0.25, 0.3) is 0 Å². The molecule has 138 valence electrons. The predicted octanol–water partition coefficient (Wildman–Crippen LogP) is 4.57. The lowest BCUT2D eigenvalue weighted by molar-refractivity contribution is 0.0673. The lowest BCUT2D eigenvalue weighted by Gasteiger charge is -2.35. The quantitative estimate of drug-likeness (QED) is 0.788. The van der Waals surface area contributed by atoms with Crippen molar-refractivity contribution in [1.29, 1.82) is 0 Å². The summed E-state index contributed by atoms with van der Waals surface area (Å²) in [5.41, 5.74) is 1.94. The molecule has 0 saturated carbocycles. The van der Waals surface area contributed by atoms with Gasteiger partial charge in [0.15, 0.2) is 0 Å². The number of hydrogen-bond donors (Lipinski definition) is 0. The highest BCUT2D eigenvalue weighted by Crippen LogP contribution is 2.38. The summed E-state index contributed by atoms with van der Waals surface area (Å²) < 4.78 is 16.4. The van der Waals surface area contributed by atoms with Gasteiger partial charge in [-0.1, -0.05) is 30.3 Å². The van der Waals surface area contributed by atoms with Gasteiger partial charge in [-0.2, -0.15) is 0 Å². The van der Waals surface area contributed by atoms with Gasteiger partial charge in [-0.25, -0.2) is 4.79 Å². The second kappa shape index (κ2) is 8.61. The van der Waals surface area contributed by atoms with Gasteiger partial charge in [0.25, 0.3) is 0 Å². The molecule has 1 saturated heterocycles. The summed E-state index contributed by atoms with van der Waals surface area (Å²) in [5, 5.41) is 0. The normalized spacial score (nSPS) is 16.8. The Balaban J connectivity index is 1.78. The summed E-state index contributed by atoms with van der Waals surface area (Å²) >= 11 is 0. The topological polar surface area (TPSA) is 48.0 Å². The molecular weight excluding hydrogens is 330 g/mol. The van der Waals surface area contributed by atoms with Crippen LogP contribution in [0.15, 0.2) is 48.5 Å². The Kier molecular flexibility index (Phi) is 6.00. The monoisotopic (exact) mass is 355 g/mol.